The van der Waals surface area contributed by atoms with Gasteiger partial charge in [0.25, 0.3) is 5.56 Å². The van der Waals surface area contributed by atoms with Crippen molar-refractivity contribution in [3.05, 3.63) is 46.0 Å². The second-order valence-electron chi connectivity index (χ2n) is 10.8. The number of sulfonamides is 1. The summed E-state index contributed by atoms with van der Waals surface area (Å²) in [5.74, 6) is 0.321. The zero-order chi connectivity index (χ0) is 26.5. The number of aryl methyl sites for hydroxylation is 1. The Kier molecular flexibility index (Phi) is 6.63. The number of nitrogens with one attached hydrogen (secondary N) is 2. The number of hydrogen-bond acceptors (Lipinski definition) is 8. The van der Waals surface area contributed by atoms with Gasteiger partial charge < -0.3 is 4.90 Å². The molecule has 2 aromatic heterocycles. The van der Waals surface area contributed by atoms with Crippen LogP contribution in [0.25, 0.3) is 10.9 Å². The number of fused-ring (bicyclic) bond motifs is 1. The Bertz CT molecular complexity index is 1490. The molecule has 1 unspecified atom stereocenters. The Morgan fingerprint density at radius 2 is 2.00 bits per heavy atom. The van der Waals surface area contributed by atoms with Gasteiger partial charge in [-0.1, -0.05) is 0 Å². The second-order valence-corrected chi connectivity index (χ2v) is 12.5. The van der Waals surface area contributed by atoms with Crippen molar-refractivity contribution in [3.63, 3.8) is 0 Å². The molecule has 0 bridgehead atoms. The average Bonchev–Trinajstić information content (AvgIpc) is 3.41. The summed E-state index contributed by atoms with van der Waals surface area (Å²) in [6.45, 7) is 5.14. The first kappa shape index (κ1) is 25.8. The number of anilines is 1. The molecule has 1 aromatic carbocycles. The van der Waals surface area contributed by atoms with Crippen LogP contribution >= 0.6 is 0 Å². The summed E-state index contributed by atoms with van der Waals surface area (Å²) in [5, 5.41) is 4.47. The number of aromatic nitrogens is 4. The highest BCUT2D eigenvalue weighted by Gasteiger charge is 2.41. The molecule has 200 valence electrons. The summed E-state index contributed by atoms with van der Waals surface area (Å²) in [7, 11) is 1.53. The Morgan fingerprint density at radius 1 is 1.24 bits per heavy atom. The molecule has 3 aromatic rings. The molecule has 0 radical (unpaired) electrons. The van der Waals surface area contributed by atoms with Gasteiger partial charge in [-0.3, -0.25) is 18.9 Å². The van der Waals surface area contributed by atoms with Crippen LogP contribution < -0.4 is 15.8 Å². The fourth-order valence-corrected chi connectivity index (χ4v) is 6.61. The lowest BCUT2D eigenvalue weighted by molar-refractivity contribution is 0.183. The highest BCUT2D eigenvalue weighted by atomic mass is 32.2. The SMILES string of the molecule is CONc1nc2c(C3CCN(C)[C@H](C)C3)cc(S(=O)(=O)NC3(C)CC3)cc2c(=O)n1Cc1cnn(C)c1. The fraction of sp³-hybridized carbons (Fsp3) is 0.560. The van der Waals surface area contributed by atoms with Gasteiger partial charge in [0, 0.05) is 30.4 Å². The molecular formula is C25H35N7O4S. The summed E-state index contributed by atoms with van der Waals surface area (Å²) >= 11 is 0. The monoisotopic (exact) mass is 529 g/mol. The fourth-order valence-electron chi connectivity index (χ4n) is 5.09. The van der Waals surface area contributed by atoms with E-state index in [0.717, 1.165) is 43.4 Å². The molecule has 0 amide bonds. The van der Waals surface area contributed by atoms with E-state index in [1.165, 1.54) is 17.7 Å². The topological polar surface area (TPSA) is 123 Å². The van der Waals surface area contributed by atoms with Crippen molar-refractivity contribution in [1.29, 1.82) is 0 Å². The summed E-state index contributed by atoms with van der Waals surface area (Å²) in [6.07, 6.45) is 6.78. The normalized spacial score (nSPS) is 21.9. The van der Waals surface area contributed by atoms with E-state index in [0.29, 0.717) is 11.6 Å². The first-order chi connectivity index (χ1) is 17.5. The van der Waals surface area contributed by atoms with E-state index in [4.69, 9.17) is 9.82 Å². The predicted molar refractivity (Wildman–Crippen MR) is 141 cm³/mol. The quantitative estimate of drug-likeness (QED) is 0.426. The van der Waals surface area contributed by atoms with E-state index >= 15 is 0 Å². The first-order valence-corrected chi connectivity index (χ1v) is 14.1. The minimum Gasteiger partial charge on any atom is -0.304 e. The maximum Gasteiger partial charge on any atom is 0.263 e. The molecule has 2 fully saturated rings. The standard InChI is InChI=1S/C25H35N7O4S/c1-16-10-18(6-9-30(16)3)20-11-19(37(34,35)29-25(2)7-8-25)12-21-22(20)27-24(28-36-5)32(23(21)33)15-17-13-26-31(4)14-17/h11-14,16,18,29H,6-10,15H2,1-5H3,(H,27,28)/t16-,18?/m1/s1. The molecule has 0 spiro atoms. The number of rotatable bonds is 8. The third-order valence-electron chi connectivity index (χ3n) is 7.69. The maximum absolute atomic E-state index is 13.9. The van der Waals surface area contributed by atoms with Crippen LogP contribution in [0, 0.1) is 0 Å². The van der Waals surface area contributed by atoms with E-state index in [-0.39, 0.29) is 34.3 Å². The Hall–Kier alpha value is -2.80. The second kappa shape index (κ2) is 9.50. The van der Waals surface area contributed by atoms with E-state index in [9.17, 15) is 13.2 Å². The third kappa shape index (κ3) is 5.15. The molecule has 12 heteroatoms. The van der Waals surface area contributed by atoms with Gasteiger partial charge in [0.2, 0.25) is 16.0 Å². The van der Waals surface area contributed by atoms with Gasteiger partial charge in [0.1, 0.15) is 0 Å². The van der Waals surface area contributed by atoms with Crippen molar-refractivity contribution >= 4 is 26.9 Å². The van der Waals surface area contributed by atoms with Gasteiger partial charge in [0.15, 0.2) is 0 Å². The molecule has 37 heavy (non-hydrogen) atoms. The van der Waals surface area contributed by atoms with Gasteiger partial charge in [-0.05, 0) is 76.7 Å². The van der Waals surface area contributed by atoms with Crippen LogP contribution in [0.1, 0.15) is 56.6 Å². The van der Waals surface area contributed by atoms with Crippen LogP contribution in [0.15, 0.2) is 34.2 Å². The Labute approximate surface area is 216 Å². The Morgan fingerprint density at radius 3 is 2.62 bits per heavy atom. The molecule has 3 heterocycles. The van der Waals surface area contributed by atoms with Gasteiger partial charge in [-0.2, -0.15) is 5.10 Å². The van der Waals surface area contributed by atoms with E-state index in [1.807, 2.05) is 13.1 Å². The van der Waals surface area contributed by atoms with Crippen LogP contribution in [0.3, 0.4) is 0 Å². The van der Waals surface area contributed by atoms with E-state index in [2.05, 4.69) is 34.2 Å². The van der Waals surface area contributed by atoms with Crippen LogP contribution in [0.2, 0.25) is 0 Å². The number of benzene rings is 1. The van der Waals surface area contributed by atoms with Crippen molar-refractivity contribution in [2.24, 2.45) is 7.05 Å². The number of hydrogen-bond donors (Lipinski definition) is 2. The average molecular weight is 530 g/mol. The van der Waals surface area contributed by atoms with E-state index < -0.39 is 15.6 Å². The summed E-state index contributed by atoms with van der Waals surface area (Å²) in [5.41, 5.74) is 4.07. The molecule has 2 aliphatic rings. The van der Waals surface area contributed by atoms with Gasteiger partial charge in [0.05, 0.1) is 35.6 Å². The van der Waals surface area contributed by atoms with Crippen molar-refractivity contribution in [2.75, 3.05) is 26.2 Å². The third-order valence-corrected chi connectivity index (χ3v) is 9.31. The molecule has 5 rings (SSSR count). The lowest BCUT2D eigenvalue weighted by Gasteiger charge is -2.35. The molecule has 1 saturated heterocycles. The minimum atomic E-state index is -3.83. The maximum atomic E-state index is 13.9. The molecule has 2 N–H and O–H groups in total. The number of piperidine rings is 1. The van der Waals surface area contributed by atoms with Crippen LogP contribution in [-0.2, 0) is 28.5 Å². The first-order valence-electron chi connectivity index (χ1n) is 12.6. The predicted octanol–water partition coefficient (Wildman–Crippen LogP) is 2.18. The molecule has 1 saturated carbocycles. The zero-order valence-electron chi connectivity index (χ0n) is 22.0. The molecule has 1 aliphatic heterocycles. The highest BCUT2D eigenvalue weighted by molar-refractivity contribution is 7.89. The summed E-state index contributed by atoms with van der Waals surface area (Å²) in [6, 6.07) is 3.50. The summed E-state index contributed by atoms with van der Waals surface area (Å²) in [4.78, 5) is 26.3. The van der Waals surface area contributed by atoms with Gasteiger partial charge in [-0.15, -0.1) is 0 Å². The van der Waals surface area contributed by atoms with Crippen LogP contribution in [0.5, 0.6) is 0 Å². The molecule has 11 nitrogen and oxygen atoms in total. The number of nitrogens with zero attached hydrogens (tertiary/aromatic N) is 5. The largest absolute Gasteiger partial charge is 0.304 e. The van der Waals surface area contributed by atoms with Crippen molar-refractivity contribution in [1.82, 2.24) is 29.0 Å². The highest BCUT2D eigenvalue weighted by Crippen LogP contribution is 2.38. The lowest BCUT2D eigenvalue weighted by Crippen LogP contribution is -2.37. The van der Waals surface area contributed by atoms with Crippen LogP contribution in [-0.4, -0.2) is 64.9 Å². The smallest absolute Gasteiger partial charge is 0.263 e. The molecule has 2 atom stereocenters. The van der Waals surface area contributed by atoms with Crippen LogP contribution in [0.4, 0.5) is 5.95 Å². The van der Waals surface area contributed by atoms with Crippen molar-refractivity contribution in [3.8, 4) is 0 Å². The molecule has 1 aliphatic carbocycles. The lowest BCUT2D eigenvalue weighted by atomic mass is 9.85. The van der Waals surface area contributed by atoms with Gasteiger partial charge >= 0.3 is 0 Å². The molecular weight excluding hydrogens is 494 g/mol. The van der Waals surface area contributed by atoms with E-state index in [1.54, 1.807) is 24.0 Å². The van der Waals surface area contributed by atoms with Crippen molar-refractivity contribution < 1.29 is 13.3 Å². The zero-order valence-corrected chi connectivity index (χ0v) is 22.8. The number of likely N-dealkylation sites (tertiary alicyclic amines) is 1. The summed E-state index contributed by atoms with van der Waals surface area (Å²) < 4.78 is 32.8. The van der Waals surface area contributed by atoms with Crippen molar-refractivity contribution in [2.45, 2.75) is 68.5 Å². The minimum absolute atomic E-state index is 0.0665. The van der Waals surface area contributed by atoms with Gasteiger partial charge in [-0.25, -0.2) is 23.6 Å². The Balaban J connectivity index is 1.71.